The van der Waals surface area contributed by atoms with Gasteiger partial charge in [-0.2, -0.15) is 0 Å². The lowest BCUT2D eigenvalue weighted by Crippen LogP contribution is -2.44. The van der Waals surface area contributed by atoms with Crippen LogP contribution in [0, 0.1) is 13.8 Å². The fourth-order valence-corrected chi connectivity index (χ4v) is 3.41. The normalized spacial score (nSPS) is 14.4. The second-order valence-corrected chi connectivity index (χ2v) is 7.25. The van der Waals surface area contributed by atoms with E-state index in [2.05, 4.69) is 32.1 Å². The number of hydrogen-bond donors (Lipinski definition) is 1. The van der Waals surface area contributed by atoms with Crippen LogP contribution in [0.5, 0.6) is 0 Å². The Bertz CT molecular complexity index is 950. The predicted molar refractivity (Wildman–Crippen MR) is 115 cm³/mol. The molecule has 1 aliphatic heterocycles. The van der Waals surface area contributed by atoms with E-state index in [1.54, 1.807) is 33.8 Å². The number of likely N-dealkylation sites (N-methyl/N-ethyl adjacent to an activating group) is 1. The molecule has 2 aromatic rings. The van der Waals surface area contributed by atoms with Crippen LogP contribution in [-0.4, -0.2) is 73.2 Å². The molecule has 0 atom stereocenters. The van der Waals surface area contributed by atoms with E-state index in [1.165, 1.54) is 0 Å². The highest BCUT2D eigenvalue weighted by molar-refractivity contribution is 6.07. The smallest absolute Gasteiger partial charge is 0.344 e. The van der Waals surface area contributed by atoms with Crippen LogP contribution in [0.4, 0.5) is 17.5 Å². The van der Waals surface area contributed by atoms with Crippen molar-refractivity contribution in [3.05, 3.63) is 28.8 Å². The van der Waals surface area contributed by atoms with Crippen LogP contribution in [0.2, 0.25) is 0 Å². The van der Waals surface area contributed by atoms with Gasteiger partial charge in [0.15, 0.2) is 0 Å². The summed E-state index contributed by atoms with van der Waals surface area (Å²) in [5.41, 5.74) is 0.0445. The Morgan fingerprint density at radius 1 is 1.03 bits per heavy atom. The van der Waals surface area contributed by atoms with Crippen LogP contribution in [-0.2, 0) is 9.47 Å². The number of carbonyl (C=O) groups excluding carboxylic acids is 2. The number of carbonyl (C=O) groups is 2. The highest BCUT2D eigenvalue weighted by atomic mass is 16.5. The molecule has 3 heterocycles. The molecule has 0 aliphatic carbocycles. The molecule has 10 heteroatoms. The van der Waals surface area contributed by atoms with Crippen molar-refractivity contribution in [2.75, 3.05) is 56.7 Å². The first kappa shape index (κ1) is 22.5. The van der Waals surface area contributed by atoms with Gasteiger partial charge in [-0.3, -0.25) is 0 Å². The summed E-state index contributed by atoms with van der Waals surface area (Å²) in [4.78, 5) is 38.5. The van der Waals surface area contributed by atoms with Gasteiger partial charge in [0, 0.05) is 32.2 Å². The minimum Gasteiger partial charge on any atom is -0.462 e. The molecule has 1 aliphatic rings. The number of esters is 2. The molecule has 0 unspecified atom stereocenters. The monoisotopic (exact) mass is 431 g/mol. The van der Waals surface area contributed by atoms with Crippen LogP contribution >= 0.6 is 0 Å². The molecular weight excluding hydrogens is 402 g/mol. The summed E-state index contributed by atoms with van der Waals surface area (Å²) in [5.74, 6) is 0.846. The highest BCUT2D eigenvalue weighted by Gasteiger charge is 2.31. The molecule has 1 N–H and O–H groups in total. The molecule has 0 saturated carbocycles. The number of hydrogen-bond acceptors (Lipinski definition) is 10. The summed E-state index contributed by atoms with van der Waals surface area (Å²) in [7, 11) is 2.09. The Labute approximate surface area is 181 Å². The van der Waals surface area contributed by atoms with Crippen LogP contribution in [0.25, 0.3) is 0 Å². The molecule has 0 radical (unpaired) electrons. The lowest BCUT2D eigenvalue weighted by molar-refractivity contribution is 0.0480. The maximum absolute atomic E-state index is 12.6. The van der Waals surface area contributed by atoms with Crippen molar-refractivity contribution in [3.63, 3.8) is 0 Å². The average Bonchev–Trinajstić information content (AvgIpc) is 3.04. The van der Waals surface area contributed by atoms with Gasteiger partial charge in [0.2, 0.25) is 5.88 Å². The van der Waals surface area contributed by atoms with Gasteiger partial charge in [0.1, 0.15) is 34.3 Å². The topological polar surface area (TPSA) is 110 Å². The molecule has 0 bridgehead atoms. The first-order valence-electron chi connectivity index (χ1n) is 10.4. The number of furan rings is 1. The van der Waals surface area contributed by atoms with Crippen LogP contribution in [0.1, 0.15) is 46.1 Å². The Morgan fingerprint density at radius 2 is 1.65 bits per heavy atom. The Hall–Kier alpha value is -3.14. The summed E-state index contributed by atoms with van der Waals surface area (Å²) >= 11 is 0. The van der Waals surface area contributed by atoms with E-state index in [4.69, 9.17) is 13.9 Å². The summed E-state index contributed by atoms with van der Waals surface area (Å²) in [5, 5.41) is 3.04. The summed E-state index contributed by atoms with van der Waals surface area (Å²) in [6, 6.07) is 1.80. The van der Waals surface area contributed by atoms with E-state index in [-0.39, 0.29) is 36.0 Å². The molecule has 1 fully saturated rings. The number of piperazine rings is 1. The minimum atomic E-state index is -0.671. The fourth-order valence-electron chi connectivity index (χ4n) is 3.41. The molecular formula is C21H29N5O5. The van der Waals surface area contributed by atoms with Gasteiger partial charge in [0.25, 0.3) is 0 Å². The van der Waals surface area contributed by atoms with Crippen molar-refractivity contribution in [2.45, 2.75) is 27.7 Å². The van der Waals surface area contributed by atoms with E-state index in [9.17, 15) is 9.59 Å². The predicted octanol–water partition coefficient (Wildman–Crippen LogP) is 2.54. The average molecular weight is 431 g/mol. The highest BCUT2D eigenvalue weighted by Crippen LogP contribution is 2.31. The lowest BCUT2D eigenvalue weighted by atomic mass is 10.1. The zero-order valence-electron chi connectivity index (χ0n) is 18.7. The molecule has 1 saturated heterocycles. The summed E-state index contributed by atoms with van der Waals surface area (Å²) in [6.45, 7) is 10.7. The quantitative estimate of drug-likeness (QED) is 0.657. The second-order valence-electron chi connectivity index (χ2n) is 7.25. The third-order valence-corrected chi connectivity index (χ3v) is 4.94. The van der Waals surface area contributed by atoms with Gasteiger partial charge in [-0.15, -0.1) is 0 Å². The van der Waals surface area contributed by atoms with Gasteiger partial charge in [-0.1, -0.05) is 0 Å². The first-order valence-corrected chi connectivity index (χ1v) is 10.4. The molecule has 3 rings (SSSR count). The van der Waals surface area contributed by atoms with E-state index in [0.29, 0.717) is 11.6 Å². The van der Waals surface area contributed by atoms with Crippen LogP contribution in [0.3, 0.4) is 0 Å². The maximum Gasteiger partial charge on any atom is 0.344 e. The number of anilines is 3. The molecule has 0 amide bonds. The van der Waals surface area contributed by atoms with Gasteiger partial charge < -0.3 is 29.0 Å². The number of nitrogens with one attached hydrogen (secondary N) is 1. The Kier molecular flexibility index (Phi) is 7.11. The van der Waals surface area contributed by atoms with Gasteiger partial charge in [0.05, 0.1) is 13.2 Å². The van der Waals surface area contributed by atoms with E-state index in [1.807, 2.05) is 0 Å². The van der Waals surface area contributed by atoms with E-state index >= 15 is 0 Å². The van der Waals surface area contributed by atoms with Gasteiger partial charge >= 0.3 is 11.9 Å². The number of ether oxygens (including phenoxy) is 2. The first-order chi connectivity index (χ1) is 14.8. The third kappa shape index (κ3) is 5.13. The number of nitrogens with zero attached hydrogens (tertiary/aromatic N) is 4. The molecule has 168 valence electrons. The molecule has 10 nitrogen and oxygen atoms in total. The number of rotatable bonds is 7. The molecule has 2 aromatic heterocycles. The fraction of sp³-hybridized carbons (Fsp3) is 0.524. The summed E-state index contributed by atoms with van der Waals surface area (Å²) in [6.07, 6.45) is 0. The number of aryl methyl sites for hydroxylation is 2. The zero-order valence-corrected chi connectivity index (χ0v) is 18.7. The standard InChI is InChI=1S/C21H29N5O5/c1-6-29-20(27)17-13(3)31-19(18(17)21(28)30-7-2)24-15-12-16(23-14(4)22-15)26-10-8-25(5)9-11-26/h12H,6-11H2,1-5H3,(H,22,23,24). The lowest BCUT2D eigenvalue weighted by Gasteiger charge is -2.33. The largest absolute Gasteiger partial charge is 0.462 e. The third-order valence-electron chi connectivity index (χ3n) is 4.94. The van der Waals surface area contributed by atoms with Gasteiger partial charge in [-0.25, -0.2) is 19.6 Å². The number of aromatic nitrogens is 2. The Balaban J connectivity index is 1.95. The summed E-state index contributed by atoms with van der Waals surface area (Å²) < 4.78 is 16.0. The van der Waals surface area contributed by atoms with Crippen molar-refractivity contribution in [1.82, 2.24) is 14.9 Å². The van der Waals surface area contributed by atoms with Crippen molar-refractivity contribution < 1.29 is 23.5 Å². The second kappa shape index (κ2) is 9.78. The van der Waals surface area contributed by atoms with Crippen molar-refractivity contribution in [2.24, 2.45) is 0 Å². The SMILES string of the molecule is CCOC(=O)c1c(C)oc(Nc2cc(N3CCN(C)CC3)nc(C)n2)c1C(=O)OCC. The zero-order chi connectivity index (χ0) is 22.5. The van der Waals surface area contributed by atoms with Crippen molar-refractivity contribution in [3.8, 4) is 0 Å². The maximum atomic E-state index is 12.6. The van der Waals surface area contributed by atoms with Crippen LogP contribution < -0.4 is 10.2 Å². The van der Waals surface area contributed by atoms with E-state index < -0.39 is 11.9 Å². The Morgan fingerprint density at radius 3 is 2.26 bits per heavy atom. The van der Waals surface area contributed by atoms with Crippen LogP contribution in [0.15, 0.2) is 10.5 Å². The minimum absolute atomic E-state index is 0.00443. The van der Waals surface area contributed by atoms with E-state index in [0.717, 1.165) is 32.0 Å². The van der Waals surface area contributed by atoms with Crippen molar-refractivity contribution >= 4 is 29.5 Å². The molecule has 0 aromatic carbocycles. The molecule has 31 heavy (non-hydrogen) atoms. The van der Waals surface area contributed by atoms with Crippen molar-refractivity contribution in [1.29, 1.82) is 0 Å². The molecule has 0 spiro atoms. The van der Waals surface area contributed by atoms with Gasteiger partial charge in [-0.05, 0) is 34.7 Å².